The fourth-order valence-corrected chi connectivity index (χ4v) is 0.839. The van der Waals surface area contributed by atoms with Crippen molar-refractivity contribution < 1.29 is 0 Å². The lowest BCUT2D eigenvalue weighted by Gasteiger charge is -1.98. The van der Waals surface area contributed by atoms with Crippen molar-refractivity contribution in [1.82, 2.24) is 0 Å². The molecule has 0 unspecified atom stereocenters. The number of hydrogen-bond acceptors (Lipinski definition) is 1. The highest BCUT2D eigenvalue weighted by molar-refractivity contribution is 5.42. The Kier molecular flexibility index (Phi) is 2.14. The van der Waals surface area contributed by atoms with Crippen LogP contribution in [0.25, 0.3) is 10.4 Å². The summed E-state index contributed by atoms with van der Waals surface area (Å²) >= 11 is 0. The van der Waals surface area contributed by atoms with E-state index in [1.165, 1.54) is 5.56 Å². The van der Waals surface area contributed by atoms with Gasteiger partial charge < -0.3 is 0 Å². The highest BCUT2D eigenvalue weighted by atomic mass is 15.1. The Bertz CT molecular complexity index is 311. The molecular weight excluding hydrogens is 138 g/mol. The highest BCUT2D eigenvalue weighted by Gasteiger charge is 1.92. The molecule has 56 valence electrons. The molecule has 0 bridgehead atoms. The van der Waals surface area contributed by atoms with E-state index in [0.717, 1.165) is 5.56 Å². The first-order valence-corrected chi connectivity index (χ1v) is 3.36. The molecule has 0 atom stereocenters. The zero-order chi connectivity index (χ0) is 8.27. The van der Waals surface area contributed by atoms with Gasteiger partial charge in [-0.15, -0.1) is 0 Å². The van der Waals surface area contributed by atoms with Gasteiger partial charge in [-0.1, -0.05) is 17.2 Å². The van der Waals surface area contributed by atoms with Gasteiger partial charge in [0.15, 0.2) is 0 Å². The standard InChI is InChI=1S/C8H9N3/c1-6-3-4-8(10-11-9)5-7(6)2/h3-5H,1-2H3. The Balaban J connectivity index is 3.14. The second-order valence-corrected chi connectivity index (χ2v) is 2.46. The van der Waals surface area contributed by atoms with E-state index in [1.54, 1.807) is 0 Å². The molecule has 0 saturated heterocycles. The number of nitrogens with zero attached hydrogens (tertiary/aromatic N) is 3. The molecule has 3 nitrogen and oxygen atoms in total. The summed E-state index contributed by atoms with van der Waals surface area (Å²) < 4.78 is 0. The summed E-state index contributed by atoms with van der Waals surface area (Å²) in [5, 5.41) is 3.49. The lowest BCUT2D eigenvalue weighted by molar-refractivity contribution is 1.32. The number of azide groups is 1. The van der Waals surface area contributed by atoms with E-state index in [2.05, 4.69) is 10.0 Å². The molecule has 0 radical (unpaired) electrons. The third kappa shape index (κ3) is 1.72. The number of aryl methyl sites for hydroxylation is 2. The van der Waals surface area contributed by atoms with Crippen LogP contribution in [0, 0.1) is 13.8 Å². The van der Waals surface area contributed by atoms with Crippen LogP contribution in [0.3, 0.4) is 0 Å². The van der Waals surface area contributed by atoms with Crippen LogP contribution in [-0.4, -0.2) is 0 Å². The highest BCUT2D eigenvalue weighted by Crippen LogP contribution is 2.16. The lowest BCUT2D eigenvalue weighted by atomic mass is 10.1. The molecule has 1 aromatic rings. The van der Waals surface area contributed by atoms with Crippen LogP contribution in [0.1, 0.15) is 11.1 Å². The Labute approximate surface area is 65.3 Å². The van der Waals surface area contributed by atoms with Crippen molar-refractivity contribution in [3.8, 4) is 0 Å². The Morgan fingerprint density at radius 2 is 2.00 bits per heavy atom. The molecule has 0 heterocycles. The monoisotopic (exact) mass is 147 g/mol. The summed E-state index contributed by atoms with van der Waals surface area (Å²) in [5.41, 5.74) is 11.2. The van der Waals surface area contributed by atoms with Crippen LogP contribution in [0.15, 0.2) is 23.3 Å². The van der Waals surface area contributed by atoms with Crippen LogP contribution in [0.2, 0.25) is 0 Å². The first kappa shape index (κ1) is 7.63. The van der Waals surface area contributed by atoms with E-state index in [0.29, 0.717) is 5.69 Å². The molecule has 0 aliphatic heterocycles. The van der Waals surface area contributed by atoms with Gasteiger partial charge in [-0.25, -0.2) is 0 Å². The van der Waals surface area contributed by atoms with Gasteiger partial charge in [0.25, 0.3) is 0 Å². The van der Waals surface area contributed by atoms with Crippen molar-refractivity contribution >= 4 is 5.69 Å². The normalized spacial score (nSPS) is 8.91. The molecule has 0 amide bonds. The molecule has 3 heteroatoms. The fraction of sp³-hybridized carbons (Fsp3) is 0.250. The van der Waals surface area contributed by atoms with Crippen molar-refractivity contribution in [2.45, 2.75) is 13.8 Å². The van der Waals surface area contributed by atoms with Gasteiger partial charge in [-0.3, -0.25) is 0 Å². The zero-order valence-electron chi connectivity index (χ0n) is 6.57. The van der Waals surface area contributed by atoms with E-state index < -0.39 is 0 Å². The average Bonchev–Trinajstić information content (AvgIpc) is 1.98. The molecule has 0 aromatic heterocycles. The maximum atomic E-state index is 8.14. The minimum atomic E-state index is 0.676. The molecule has 1 aromatic carbocycles. The Morgan fingerprint density at radius 1 is 1.27 bits per heavy atom. The summed E-state index contributed by atoms with van der Waals surface area (Å²) in [5.74, 6) is 0. The first-order chi connectivity index (χ1) is 5.24. The van der Waals surface area contributed by atoms with Crippen LogP contribution in [-0.2, 0) is 0 Å². The second-order valence-electron chi connectivity index (χ2n) is 2.46. The molecule has 1 rings (SSSR count). The molecule has 0 spiro atoms. The average molecular weight is 147 g/mol. The van der Waals surface area contributed by atoms with Gasteiger partial charge in [0.05, 0.1) is 0 Å². The lowest BCUT2D eigenvalue weighted by Crippen LogP contribution is -1.76. The van der Waals surface area contributed by atoms with Crippen LogP contribution in [0.4, 0.5) is 5.69 Å². The summed E-state index contributed by atoms with van der Waals surface area (Å²) in [6.07, 6.45) is 0. The summed E-state index contributed by atoms with van der Waals surface area (Å²) in [6.45, 7) is 4.01. The van der Waals surface area contributed by atoms with E-state index in [1.807, 2.05) is 32.0 Å². The SMILES string of the molecule is Cc1ccc(N=[N+]=[N-])cc1C. The minimum absolute atomic E-state index is 0.676. The number of hydrogen-bond donors (Lipinski definition) is 0. The van der Waals surface area contributed by atoms with Gasteiger partial charge in [0.1, 0.15) is 0 Å². The van der Waals surface area contributed by atoms with Crippen molar-refractivity contribution in [2.24, 2.45) is 5.11 Å². The summed E-state index contributed by atoms with van der Waals surface area (Å²) in [7, 11) is 0. The minimum Gasteiger partial charge on any atom is -0.0608 e. The summed E-state index contributed by atoms with van der Waals surface area (Å²) in [6, 6.07) is 5.62. The first-order valence-electron chi connectivity index (χ1n) is 3.36. The molecular formula is C8H9N3. The van der Waals surface area contributed by atoms with Gasteiger partial charge in [-0.05, 0) is 36.6 Å². The fourth-order valence-electron chi connectivity index (χ4n) is 0.839. The van der Waals surface area contributed by atoms with Crippen LogP contribution >= 0.6 is 0 Å². The van der Waals surface area contributed by atoms with E-state index in [9.17, 15) is 0 Å². The molecule has 0 aliphatic carbocycles. The van der Waals surface area contributed by atoms with Gasteiger partial charge >= 0.3 is 0 Å². The molecule has 0 saturated carbocycles. The Hall–Kier alpha value is -1.47. The quantitative estimate of drug-likeness (QED) is 0.332. The van der Waals surface area contributed by atoms with E-state index in [4.69, 9.17) is 5.53 Å². The van der Waals surface area contributed by atoms with Crippen molar-refractivity contribution in [3.05, 3.63) is 39.8 Å². The van der Waals surface area contributed by atoms with Gasteiger partial charge in [0, 0.05) is 10.6 Å². The van der Waals surface area contributed by atoms with E-state index in [-0.39, 0.29) is 0 Å². The van der Waals surface area contributed by atoms with Crippen molar-refractivity contribution in [3.63, 3.8) is 0 Å². The second kappa shape index (κ2) is 3.08. The zero-order valence-corrected chi connectivity index (χ0v) is 6.57. The predicted octanol–water partition coefficient (Wildman–Crippen LogP) is 3.25. The molecule has 0 N–H and O–H groups in total. The van der Waals surface area contributed by atoms with Crippen molar-refractivity contribution in [2.75, 3.05) is 0 Å². The molecule has 11 heavy (non-hydrogen) atoms. The smallest absolute Gasteiger partial charge is 0.0378 e. The predicted molar refractivity (Wildman–Crippen MR) is 44.7 cm³/mol. The number of benzene rings is 1. The molecule has 0 aliphatic rings. The maximum absolute atomic E-state index is 8.14. The third-order valence-electron chi connectivity index (χ3n) is 1.65. The summed E-state index contributed by atoms with van der Waals surface area (Å²) in [4.78, 5) is 2.70. The van der Waals surface area contributed by atoms with Crippen molar-refractivity contribution in [1.29, 1.82) is 0 Å². The topological polar surface area (TPSA) is 48.8 Å². The van der Waals surface area contributed by atoms with Gasteiger partial charge in [-0.2, -0.15) is 0 Å². The van der Waals surface area contributed by atoms with Crippen LogP contribution in [0.5, 0.6) is 0 Å². The van der Waals surface area contributed by atoms with Gasteiger partial charge in [0.2, 0.25) is 0 Å². The largest absolute Gasteiger partial charge is 0.0608 e. The maximum Gasteiger partial charge on any atom is 0.0378 e. The molecule has 0 fully saturated rings. The number of rotatable bonds is 1. The van der Waals surface area contributed by atoms with Crippen LogP contribution < -0.4 is 0 Å². The van der Waals surface area contributed by atoms with E-state index >= 15 is 0 Å². The third-order valence-corrected chi connectivity index (χ3v) is 1.65. The Morgan fingerprint density at radius 3 is 2.55 bits per heavy atom.